The van der Waals surface area contributed by atoms with Crippen LogP contribution in [0.15, 0.2) is 59.5 Å². The van der Waals surface area contributed by atoms with Crippen LogP contribution < -0.4 is 4.74 Å². The normalized spacial score (nSPS) is 10.1. The molecule has 0 aromatic heterocycles. The van der Waals surface area contributed by atoms with Crippen molar-refractivity contribution >= 4 is 17.7 Å². The summed E-state index contributed by atoms with van der Waals surface area (Å²) in [7, 11) is 1.59. The van der Waals surface area contributed by atoms with Crippen LogP contribution in [-0.4, -0.2) is 25.4 Å². The van der Waals surface area contributed by atoms with Gasteiger partial charge in [0.1, 0.15) is 12.4 Å². The van der Waals surface area contributed by atoms with Gasteiger partial charge in [-0.05, 0) is 36.4 Å². The molecule has 0 saturated heterocycles. The summed E-state index contributed by atoms with van der Waals surface area (Å²) in [6.07, 6.45) is 0. The Labute approximate surface area is 122 Å². The molecule has 0 aliphatic rings. The van der Waals surface area contributed by atoms with Gasteiger partial charge >= 0.3 is 5.97 Å². The van der Waals surface area contributed by atoms with Crippen LogP contribution in [0, 0.1) is 0 Å². The van der Waals surface area contributed by atoms with Crippen LogP contribution in [0.5, 0.6) is 5.75 Å². The lowest BCUT2D eigenvalue weighted by Gasteiger charge is -2.05. The first-order valence-electron chi connectivity index (χ1n) is 6.28. The highest BCUT2D eigenvalue weighted by Gasteiger charge is 2.06. The highest BCUT2D eigenvalue weighted by molar-refractivity contribution is 7.99. The lowest BCUT2D eigenvalue weighted by Crippen LogP contribution is -2.07. The second-order valence-electron chi connectivity index (χ2n) is 4.03. The van der Waals surface area contributed by atoms with Crippen LogP contribution in [0.2, 0.25) is 0 Å². The number of esters is 1. The van der Waals surface area contributed by atoms with Crippen LogP contribution in [0.3, 0.4) is 0 Å². The van der Waals surface area contributed by atoms with Crippen molar-refractivity contribution in [2.45, 2.75) is 4.90 Å². The third kappa shape index (κ3) is 4.31. The topological polar surface area (TPSA) is 35.5 Å². The molecule has 0 heterocycles. The summed E-state index contributed by atoms with van der Waals surface area (Å²) in [6.45, 7) is 0.393. The van der Waals surface area contributed by atoms with E-state index in [1.54, 1.807) is 43.1 Å². The van der Waals surface area contributed by atoms with Crippen molar-refractivity contribution in [3.63, 3.8) is 0 Å². The quantitative estimate of drug-likeness (QED) is 0.462. The van der Waals surface area contributed by atoms with Gasteiger partial charge in [-0.15, -0.1) is 11.8 Å². The number of thioether (sulfide) groups is 1. The molecule has 0 spiro atoms. The SMILES string of the molecule is COc1ccc(C(=O)OCCSc2ccccc2)cc1. The molecule has 2 rings (SSSR count). The van der Waals surface area contributed by atoms with E-state index >= 15 is 0 Å². The summed E-state index contributed by atoms with van der Waals surface area (Å²) in [4.78, 5) is 13.0. The molecule has 0 fully saturated rings. The van der Waals surface area contributed by atoms with E-state index in [0.29, 0.717) is 12.2 Å². The third-order valence-electron chi connectivity index (χ3n) is 2.65. The molecule has 0 bridgehead atoms. The zero-order valence-electron chi connectivity index (χ0n) is 11.2. The lowest BCUT2D eigenvalue weighted by molar-refractivity contribution is 0.0530. The van der Waals surface area contributed by atoms with E-state index in [9.17, 15) is 4.79 Å². The Bertz CT molecular complexity index is 537. The molecule has 0 radical (unpaired) electrons. The summed E-state index contributed by atoms with van der Waals surface area (Å²) in [5.74, 6) is 1.16. The van der Waals surface area contributed by atoms with Gasteiger partial charge in [-0.1, -0.05) is 18.2 Å². The van der Waals surface area contributed by atoms with Gasteiger partial charge < -0.3 is 9.47 Å². The maximum absolute atomic E-state index is 11.8. The predicted octanol–water partition coefficient (Wildman–Crippen LogP) is 3.64. The van der Waals surface area contributed by atoms with E-state index < -0.39 is 0 Å². The van der Waals surface area contributed by atoms with Crippen LogP contribution >= 0.6 is 11.8 Å². The fourth-order valence-corrected chi connectivity index (χ4v) is 2.37. The van der Waals surface area contributed by atoms with Crippen LogP contribution in [0.4, 0.5) is 0 Å². The Morgan fingerprint density at radius 1 is 1.05 bits per heavy atom. The van der Waals surface area contributed by atoms with Gasteiger partial charge in [0.05, 0.1) is 12.7 Å². The minimum Gasteiger partial charge on any atom is -0.497 e. The van der Waals surface area contributed by atoms with Crippen molar-refractivity contribution in [3.8, 4) is 5.75 Å². The van der Waals surface area contributed by atoms with Crippen molar-refractivity contribution in [1.29, 1.82) is 0 Å². The van der Waals surface area contributed by atoms with Crippen molar-refractivity contribution in [2.24, 2.45) is 0 Å². The summed E-state index contributed by atoms with van der Waals surface area (Å²) in [5, 5.41) is 0. The highest BCUT2D eigenvalue weighted by atomic mass is 32.2. The second kappa shape index (κ2) is 7.60. The summed E-state index contributed by atoms with van der Waals surface area (Å²) in [6, 6.07) is 16.9. The molecule has 0 aliphatic carbocycles. The molecular weight excluding hydrogens is 272 g/mol. The summed E-state index contributed by atoms with van der Waals surface area (Å²) < 4.78 is 10.3. The van der Waals surface area contributed by atoms with E-state index in [1.165, 1.54) is 4.90 Å². The van der Waals surface area contributed by atoms with E-state index in [4.69, 9.17) is 9.47 Å². The van der Waals surface area contributed by atoms with Crippen molar-refractivity contribution in [3.05, 3.63) is 60.2 Å². The fourth-order valence-electron chi connectivity index (χ4n) is 1.62. The molecule has 3 nitrogen and oxygen atoms in total. The number of ether oxygens (including phenoxy) is 2. The number of carbonyl (C=O) groups is 1. The molecular formula is C16H16O3S. The Balaban J connectivity index is 1.74. The maximum Gasteiger partial charge on any atom is 0.338 e. The molecule has 4 heteroatoms. The third-order valence-corrected chi connectivity index (χ3v) is 3.63. The number of hydrogen-bond donors (Lipinski definition) is 0. The standard InChI is InChI=1S/C16H16O3S/c1-18-14-9-7-13(8-10-14)16(17)19-11-12-20-15-5-3-2-4-6-15/h2-10H,11-12H2,1H3. The number of benzene rings is 2. The van der Waals surface area contributed by atoms with E-state index in [-0.39, 0.29) is 5.97 Å². The average Bonchev–Trinajstić information content (AvgIpc) is 2.52. The maximum atomic E-state index is 11.8. The second-order valence-corrected chi connectivity index (χ2v) is 5.19. The Kier molecular flexibility index (Phi) is 5.50. The zero-order chi connectivity index (χ0) is 14.2. The van der Waals surface area contributed by atoms with Crippen LogP contribution in [0.1, 0.15) is 10.4 Å². The van der Waals surface area contributed by atoms with E-state index in [1.807, 2.05) is 30.3 Å². The number of carbonyl (C=O) groups excluding carboxylic acids is 1. The van der Waals surface area contributed by atoms with E-state index in [0.717, 1.165) is 11.5 Å². The number of methoxy groups -OCH3 is 1. The smallest absolute Gasteiger partial charge is 0.338 e. The molecule has 0 atom stereocenters. The molecule has 0 amide bonds. The van der Waals surface area contributed by atoms with E-state index in [2.05, 4.69) is 0 Å². The van der Waals surface area contributed by atoms with Crippen molar-refractivity contribution in [2.75, 3.05) is 19.5 Å². The van der Waals surface area contributed by atoms with Gasteiger partial charge in [0, 0.05) is 10.6 Å². The fraction of sp³-hybridized carbons (Fsp3) is 0.188. The first-order chi connectivity index (χ1) is 9.79. The average molecular weight is 288 g/mol. The highest BCUT2D eigenvalue weighted by Crippen LogP contribution is 2.17. The van der Waals surface area contributed by atoms with Gasteiger partial charge in [0.15, 0.2) is 0 Å². The Morgan fingerprint density at radius 2 is 1.75 bits per heavy atom. The van der Waals surface area contributed by atoms with Crippen LogP contribution in [-0.2, 0) is 4.74 Å². The molecule has 104 valence electrons. The van der Waals surface area contributed by atoms with Gasteiger partial charge in [0.2, 0.25) is 0 Å². The van der Waals surface area contributed by atoms with Crippen molar-refractivity contribution < 1.29 is 14.3 Å². The molecule has 0 saturated carbocycles. The van der Waals surface area contributed by atoms with Gasteiger partial charge in [-0.3, -0.25) is 0 Å². The molecule has 2 aromatic carbocycles. The monoisotopic (exact) mass is 288 g/mol. The minimum absolute atomic E-state index is 0.304. The Morgan fingerprint density at radius 3 is 2.40 bits per heavy atom. The van der Waals surface area contributed by atoms with Gasteiger partial charge in [0.25, 0.3) is 0 Å². The largest absolute Gasteiger partial charge is 0.497 e. The molecule has 20 heavy (non-hydrogen) atoms. The van der Waals surface area contributed by atoms with Crippen LogP contribution in [0.25, 0.3) is 0 Å². The molecule has 0 N–H and O–H groups in total. The minimum atomic E-state index is -0.304. The van der Waals surface area contributed by atoms with Gasteiger partial charge in [-0.2, -0.15) is 0 Å². The Hall–Kier alpha value is -1.94. The number of rotatable bonds is 6. The first kappa shape index (κ1) is 14.5. The zero-order valence-corrected chi connectivity index (χ0v) is 12.1. The predicted molar refractivity (Wildman–Crippen MR) is 80.4 cm³/mol. The first-order valence-corrected chi connectivity index (χ1v) is 7.27. The summed E-state index contributed by atoms with van der Waals surface area (Å²) >= 11 is 1.67. The van der Waals surface area contributed by atoms with Crippen molar-refractivity contribution in [1.82, 2.24) is 0 Å². The molecule has 2 aromatic rings. The van der Waals surface area contributed by atoms with Gasteiger partial charge in [-0.25, -0.2) is 4.79 Å². The number of hydrogen-bond acceptors (Lipinski definition) is 4. The molecule has 0 unspecified atom stereocenters. The lowest BCUT2D eigenvalue weighted by atomic mass is 10.2. The summed E-state index contributed by atoms with van der Waals surface area (Å²) in [5.41, 5.74) is 0.538. The molecule has 0 aliphatic heterocycles.